The Balaban J connectivity index is 1.20. The first kappa shape index (κ1) is 21.0. The molecule has 0 aliphatic carbocycles. The third-order valence-corrected chi connectivity index (χ3v) is 7.32. The van der Waals surface area contributed by atoms with Crippen LogP contribution in [0.5, 0.6) is 0 Å². The Labute approximate surface area is 194 Å². The highest BCUT2D eigenvalue weighted by atomic mass is 32.1. The van der Waals surface area contributed by atoms with Crippen LogP contribution in [-0.4, -0.2) is 57.0 Å². The molecule has 0 radical (unpaired) electrons. The van der Waals surface area contributed by atoms with Crippen molar-refractivity contribution in [3.63, 3.8) is 0 Å². The molecule has 0 N–H and O–H groups in total. The summed E-state index contributed by atoms with van der Waals surface area (Å²) in [7, 11) is 0. The molecule has 7 nitrogen and oxygen atoms in total. The number of rotatable bonds is 5. The van der Waals surface area contributed by atoms with Gasteiger partial charge in [-0.25, -0.2) is 4.98 Å². The van der Waals surface area contributed by atoms with Gasteiger partial charge in [-0.3, -0.25) is 9.69 Å². The van der Waals surface area contributed by atoms with Crippen LogP contribution in [0, 0.1) is 6.92 Å². The number of thiophene rings is 1. The molecule has 1 unspecified atom stereocenters. The molecule has 0 spiro atoms. The van der Waals surface area contributed by atoms with Crippen molar-refractivity contribution in [3.05, 3.63) is 63.6 Å². The number of carbonyl (C=O) groups is 1. The molecule has 0 bridgehead atoms. The molecule has 32 heavy (non-hydrogen) atoms. The molecule has 1 atom stereocenters. The average molecular weight is 466 g/mol. The minimum absolute atomic E-state index is 0.00511. The van der Waals surface area contributed by atoms with Crippen molar-refractivity contribution >= 4 is 28.6 Å². The maximum atomic E-state index is 12.9. The summed E-state index contributed by atoms with van der Waals surface area (Å²) in [6.45, 7) is 6.90. The van der Waals surface area contributed by atoms with Gasteiger partial charge in [0.2, 0.25) is 11.7 Å². The summed E-state index contributed by atoms with van der Waals surface area (Å²) in [6.07, 6.45) is 0. The van der Waals surface area contributed by atoms with Crippen molar-refractivity contribution in [1.29, 1.82) is 0 Å². The molecular weight excluding hydrogens is 442 g/mol. The first-order valence-corrected chi connectivity index (χ1v) is 12.3. The fourth-order valence-corrected chi connectivity index (χ4v) is 5.25. The van der Waals surface area contributed by atoms with Crippen LogP contribution in [-0.2, 0) is 0 Å². The van der Waals surface area contributed by atoms with E-state index in [0.29, 0.717) is 30.5 Å². The first-order chi connectivity index (χ1) is 15.6. The second-order valence-electron chi connectivity index (χ2n) is 7.88. The van der Waals surface area contributed by atoms with Crippen molar-refractivity contribution in [3.8, 4) is 22.0 Å². The number of carbonyl (C=O) groups excluding carboxylic acids is 1. The second-order valence-corrected chi connectivity index (χ2v) is 9.51. The van der Waals surface area contributed by atoms with E-state index in [9.17, 15) is 4.79 Å². The third kappa shape index (κ3) is 4.23. The van der Waals surface area contributed by atoms with Gasteiger partial charge in [0.25, 0.3) is 5.91 Å². The summed E-state index contributed by atoms with van der Waals surface area (Å²) >= 11 is 3.14. The van der Waals surface area contributed by atoms with Crippen molar-refractivity contribution in [2.75, 3.05) is 26.2 Å². The van der Waals surface area contributed by atoms with Crippen LogP contribution < -0.4 is 0 Å². The molecular formula is C23H23N5O2S2. The van der Waals surface area contributed by atoms with E-state index in [-0.39, 0.29) is 11.9 Å². The van der Waals surface area contributed by atoms with Gasteiger partial charge in [0.1, 0.15) is 10.7 Å². The van der Waals surface area contributed by atoms with Crippen molar-refractivity contribution in [2.24, 2.45) is 0 Å². The van der Waals surface area contributed by atoms with E-state index in [1.165, 1.54) is 16.9 Å². The fourth-order valence-electron chi connectivity index (χ4n) is 3.75. The van der Waals surface area contributed by atoms with Crippen molar-refractivity contribution < 1.29 is 9.32 Å². The van der Waals surface area contributed by atoms with Crippen LogP contribution in [0.4, 0.5) is 0 Å². The summed E-state index contributed by atoms with van der Waals surface area (Å²) in [6, 6.07) is 10.1. The smallest absolute Gasteiger partial charge is 0.273 e. The first-order valence-electron chi connectivity index (χ1n) is 10.5. The second kappa shape index (κ2) is 8.93. The predicted molar refractivity (Wildman–Crippen MR) is 126 cm³/mol. The van der Waals surface area contributed by atoms with E-state index in [1.54, 1.807) is 11.3 Å². The van der Waals surface area contributed by atoms with Crippen LogP contribution in [0.1, 0.15) is 34.9 Å². The molecule has 1 saturated heterocycles. The largest absolute Gasteiger partial charge is 0.337 e. The molecule has 4 aromatic rings. The highest BCUT2D eigenvalue weighted by molar-refractivity contribution is 7.14. The zero-order chi connectivity index (χ0) is 22.1. The lowest BCUT2D eigenvalue weighted by molar-refractivity contribution is 0.0547. The van der Waals surface area contributed by atoms with E-state index >= 15 is 0 Å². The molecule has 4 heterocycles. The standard InChI is InChI=1S/C23H23N5O2S2/c1-15-3-5-17(6-4-15)20-25-21(30-26-20)16(2)27-8-10-28(11-9-27)23(29)19-14-32-22(24-19)18-7-12-31-13-18/h3-7,12-14,16H,8-11H2,1-2H3. The van der Waals surface area contributed by atoms with E-state index < -0.39 is 0 Å². The van der Waals surface area contributed by atoms with Gasteiger partial charge in [-0.05, 0) is 25.3 Å². The van der Waals surface area contributed by atoms with Crippen LogP contribution in [0.15, 0.2) is 51.0 Å². The number of thiazole rings is 1. The molecule has 1 aromatic carbocycles. The van der Waals surface area contributed by atoms with Gasteiger partial charge >= 0.3 is 0 Å². The summed E-state index contributed by atoms with van der Waals surface area (Å²) in [5.41, 5.74) is 3.73. The van der Waals surface area contributed by atoms with Crippen molar-refractivity contribution in [1.82, 2.24) is 24.9 Å². The fraction of sp³-hybridized carbons (Fsp3) is 0.304. The quantitative estimate of drug-likeness (QED) is 0.423. The monoisotopic (exact) mass is 465 g/mol. The number of benzene rings is 1. The molecule has 0 saturated carbocycles. The topological polar surface area (TPSA) is 75.4 Å². The number of aryl methyl sites for hydroxylation is 1. The van der Waals surface area contributed by atoms with Crippen LogP contribution in [0.25, 0.3) is 22.0 Å². The lowest BCUT2D eigenvalue weighted by atomic mass is 10.1. The number of piperazine rings is 1. The normalized spacial score (nSPS) is 15.8. The molecule has 1 fully saturated rings. The molecule has 1 aliphatic heterocycles. The lowest BCUT2D eigenvalue weighted by Crippen LogP contribution is -2.49. The Morgan fingerprint density at radius 1 is 1.03 bits per heavy atom. The van der Waals surface area contributed by atoms with Gasteiger partial charge in [0.05, 0.1) is 6.04 Å². The number of amides is 1. The molecule has 1 aliphatic rings. The predicted octanol–water partition coefficient (Wildman–Crippen LogP) is 4.75. The van der Waals surface area contributed by atoms with Gasteiger partial charge < -0.3 is 9.42 Å². The number of hydrogen-bond donors (Lipinski definition) is 0. The summed E-state index contributed by atoms with van der Waals surface area (Å²) in [5, 5.41) is 11.0. The van der Waals surface area contributed by atoms with E-state index in [0.717, 1.165) is 29.2 Å². The highest BCUT2D eigenvalue weighted by Crippen LogP contribution is 2.27. The number of aromatic nitrogens is 3. The van der Waals surface area contributed by atoms with Gasteiger partial charge in [-0.2, -0.15) is 16.3 Å². The van der Waals surface area contributed by atoms with Crippen LogP contribution in [0.3, 0.4) is 0 Å². The molecule has 164 valence electrons. The lowest BCUT2D eigenvalue weighted by Gasteiger charge is -2.36. The zero-order valence-electron chi connectivity index (χ0n) is 17.9. The maximum Gasteiger partial charge on any atom is 0.273 e. The Morgan fingerprint density at radius 2 is 1.81 bits per heavy atom. The van der Waals surface area contributed by atoms with Gasteiger partial charge in [-0.15, -0.1) is 11.3 Å². The third-order valence-electron chi connectivity index (χ3n) is 5.75. The van der Waals surface area contributed by atoms with Crippen LogP contribution >= 0.6 is 22.7 Å². The van der Waals surface area contributed by atoms with E-state index in [2.05, 4.69) is 39.3 Å². The Hall–Kier alpha value is -2.88. The van der Waals surface area contributed by atoms with Crippen molar-refractivity contribution in [2.45, 2.75) is 19.9 Å². The van der Waals surface area contributed by atoms with Crippen LogP contribution in [0.2, 0.25) is 0 Å². The van der Waals surface area contributed by atoms with Gasteiger partial charge in [0.15, 0.2) is 0 Å². The van der Waals surface area contributed by atoms with Gasteiger partial charge in [-0.1, -0.05) is 35.0 Å². The number of hydrogen-bond acceptors (Lipinski definition) is 8. The average Bonchev–Trinajstić information content (AvgIpc) is 3.60. The SMILES string of the molecule is Cc1ccc(-c2noc(C(C)N3CCN(C(=O)c4csc(-c5ccsc5)n4)CC3)n2)cc1. The van der Waals surface area contributed by atoms with E-state index in [1.807, 2.05) is 46.0 Å². The summed E-state index contributed by atoms with van der Waals surface area (Å²) < 4.78 is 5.55. The highest BCUT2D eigenvalue weighted by Gasteiger charge is 2.29. The maximum absolute atomic E-state index is 12.9. The summed E-state index contributed by atoms with van der Waals surface area (Å²) in [4.78, 5) is 26.2. The Morgan fingerprint density at radius 3 is 2.53 bits per heavy atom. The summed E-state index contributed by atoms with van der Waals surface area (Å²) in [5.74, 6) is 1.19. The molecule has 1 amide bonds. The molecule has 3 aromatic heterocycles. The van der Waals surface area contributed by atoms with E-state index in [4.69, 9.17) is 4.52 Å². The Bertz CT molecular complexity index is 1190. The minimum atomic E-state index is -0.0107. The Kier molecular flexibility index (Phi) is 5.86. The number of nitrogens with zero attached hydrogens (tertiary/aromatic N) is 5. The minimum Gasteiger partial charge on any atom is -0.337 e. The molecule has 9 heteroatoms. The molecule has 5 rings (SSSR count). The van der Waals surface area contributed by atoms with Gasteiger partial charge in [0, 0.05) is 48.1 Å². The zero-order valence-corrected chi connectivity index (χ0v) is 19.5.